The second kappa shape index (κ2) is 8.78. The van der Waals surface area contributed by atoms with E-state index in [2.05, 4.69) is 24.4 Å². The first-order chi connectivity index (χ1) is 13.9. The number of phenols is 1. The molecule has 0 saturated heterocycles. The van der Waals surface area contributed by atoms with E-state index in [-0.39, 0.29) is 18.3 Å². The zero-order chi connectivity index (χ0) is 21.0. The first kappa shape index (κ1) is 20.4. The van der Waals surface area contributed by atoms with E-state index >= 15 is 0 Å². The molecule has 3 aromatic rings. The zero-order valence-electron chi connectivity index (χ0n) is 17.2. The van der Waals surface area contributed by atoms with E-state index in [0.717, 1.165) is 21.9 Å². The van der Waals surface area contributed by atoms with Crippen molar-refractivity contribution in [3.05, 3.63) is 71.3 Å². The number of rotatable bonds is 6. The number of benzene rings is 3. The summed E-state index contributed by atoms with van der Waals surface area (Å²) in [6.45, 7) is 7.76. The predicted octanol–water partition coefficient (Wildman–Crippen LogP) is 4.90. The summed E-state index contributed by atoms with van der Waals surface area (Å²) in [5, 5.41) is 16.3. The molecule has 2 N–H and O–H groups in total. The van der Waals surface area contributed by atoms with Crippen molar-refractivity contribution in [2.45, 2.75) is 33.6 Å². The molecule has 29 heavy (non-hydrogen) atoms. The van der Waals surface area contributed by atoms with Crippen LogP contribution in [0.4, 0.5) is 0 Å². The van der Waals surface area contributed by atoms with Gasteiger partial charge in [-0.15, -0.1) is 0 Å². The summed E-state index contributed by atoms with van der Waals surface area (Å²) < 4.78 is 5.73. The van der Waals surface area contributed by atoms with Crippen LogP contribution in [-0.4, -0.2) is 23.3 Å². The molecule has 0 aliphatic rings. The van der Waals surface area contributed by atoms with E-state index in [1.165, 1.54) is 0 Å². The first-order valence-corrected chi connectivity index (χ1v) is 9.64. The van der Waals surface area contributed by atoms with Crippen molar-refractivity contribution in [1.82, 2.24) is 5.43 Å². The van der Waals surface area contributed by atoms with Crippen LogP contribution in [0, 0.1) is 6.92 Å². The van der Waals surface area contributed by atoms with Gasteiger partial charge in [-0.1, -0.05) is 56.3 Å². The highest BCUT2D eigenvalue weighted by molar-refractivity contribution is 6.06. The van der Waals surface area contributed by atoms with E-state index in [4.69, 9.17) is 4.74 Å². The number of carbonyl (C=O) groups excluding carboxylic acids is 1. The number of hydrogen-bond donors (Lipinski definition) is 2. The number of fused-ring (bicyclic) bond motifs is 1. The number of nitrogens with zero attached hydrogens (tertiary/aromatic N) is 1. The Hall–Kier alpha value is -3.34. The summed E-state index contributed by atoms with van der Waals surface area (Å²) in [7, 11) is 0. The number of amides is 1. The minimum absolute atomic E-state index is 0.135. The summed E-state index contributed by atoms with van der Waals surface area (Å²) in [4.78, 5) is 12.2. The Labute approximate surface area is 171 Å². The van der Waals surface area contributed by atoms with Gasteiger partial charge in [-0.05, 0) is 48.4 Å². The van der Waals surface area contributed by atoms with Crippen LogP contribution in [0.15, 0.2) is 59.7 Å². The lowest BCUT2D eigenvalue weighted by Crippen LogP contribution is -2.26. The van der Waals surface area contributed by atoms with Crippen molar-refractivity contribution in [3.63, 3.8) is 0 Å². The second-order valence-corrected chi connectivity index (χ2v) is 7.40. The van der Waals surface area contributed by atoms with Crippen molar-refractivity contribution in [3.8, 4) is 11.5 Å². The van der Waals surface area contributed by atoms with E-state index in [0.29, 0.717) is 22.9 Å². The van der Waals surface area contributed by atoms with Gasteiger partial charge in [0.1, 0.15) is 11.5 Å². The number of phenolic OH excluding ortho intramolecular Hbond substituents is 1. The largest absolute Gasteiger partial charge is 0.507 e. The zero-order valence-corrected chi connectivity index (χ0v) is 17.2. The molecule has 1 amide bonds. The van der Waals surface area contributed by atoms with Crippen LogP contribution < -0.4 is 10.2 Å². The molecule has 0 spiro atoms. The van der Waals surface area contributed by atoms with Gasteiger partial charge in [-0.2, -0.15) is 5.10 Å². The molecule has 0 aliphatic heterocycles. The molecule has 0 radical (unpaired) electrons. The van der Waals surface area contributed by atoms with Gasteiger partial charge in [-0.3, -0.25) is 4.79 Å². The smallest absolute Gasteiger partial charge is 0.277 e. The summed E-state index contributed by atoms with van der Waals surface area (Å²) in [5.74, 6) is 0.796. The number of ether oxygens (including phenoxy) is 1. The standard InChI is InChI=1S/C24H26N2O3/c1-15(2)19-11-9-16(3)13-22(19)29-14-23(27)26-25-17(4)20-12-10-18-7-5-6-8-21(18)24(20)28/h5-13,15,28H,14H2,1-4H3,(H,26,27)/b25-17+. The molecule has 0 heterocycles. The summed E-state index contributed by atoms with van der Waals surface area (Å²) in [6, 6.07) is 17.3. The van der Waals surface area contributed by atoms with E-state index < -0.39 is 0 Å². The number of carbonyl (C=O) groups is 1. The third-order valence-corrected chi connectivity index (χ3v) is 4.79. The summed E-state index contributed by atoms with van der Waals surface area (Å²) in [5.41, 5.74) is 5.73. The van der Waals surface area contributed by atoms with Crippen molar-refractivity contribution < 1.29 is 14.6 Å². The molecule has 0 atom stereocenters. The normalized spacial score (nSPS) is 11.7. The van der Waals surface area contributed by atoms with Crippen LogP contribution in [0.2, 0.25) is 0 Å². The monoisotopic (exact) mass is 390 g/mol. The fourth-order valence-electron chi connectivity index (χ4n) is 3.17. The van der Waals surface area contributed by atoms with Crippen molar-refractivity contribution in [2.24, 2.45) is 5.10 Å². The molecule has 0 aromatic heterocycles. The Morgan fingerprint density at radius 1 is 1.14 bits per heavy atom. The highest BCUT2D eigenvalue weighted by Gasteiger charge is 2.12. The minimum Gasteiger partial charge on any atom is -0.507 e. The minimum atomic E-state index is -0.360. The maximum atomic E-state index is 12.2. The molecule has 5 heteroatoms. The lowest BCUT2D eigenvalue weighted by molar-refractivity contribution is -0.123. The third kappa shape index (κ3) is 4.74. The average Bonchev–Trinajstić information content (AvgIpc) is 2.70. The Morgan fingerprint density at radius 3 is 2.66 bits per heavy atom. The van der Waals surface area contributed by atoms with Gasteiger partial charge in [0.25, 0.3) is 5.91 Å². The van der Waals surface area contributed by atoms with Crippen molar-refractivity contribution >= 4 is 22.4 Å². The SMILES string of the molecule is C/C(=N\NC(=O)COc1cc(C)ccc1C(C)C)c1ccc2ccccc2c1O. The fourth-order valence-corrected chi connectivity index (χ4v) is 3.17. The van der Waals surface area contributed by atoms with Crippen molar-refractivity contribution in [1.29, 1.82) is 0 Å². The maximum Gasteiger partial charge on any atom is 0.277 e. The number of hydrazone groups is 1. The van der Waals surface area contributed by atoms with E-state index in [1.807, 2.05) is 55.5 Å². The maximum absolute atomic E-state index is 12.2. The molecule has 0 fully saturated rings. The van der Waals surface area contributed by atoms with Crippen LogP contribution in [0.1, 0.15) is 43.4 Å². The molecule has 5 nitrogen and oxygen atoms in total. The number of nitrogens with one attached hydrogen (secondary N) is 1. The van der Waals surface area contributed by atoms with Gasteiger partial charge in [0, 0.05) is 10.9 Å². The topological polar surface area (TPSA) is 70.9 Å². The predicted molar refractivity (Wildman–Crippen MR) is 117 cm³/mol. The lowest BCUT2D eigenvalue weighted by atomic mass is 10.0. The van der Waals surface area contributed by atoms with E-state index in [9.17, 15) is 9.90 Å². The number of aryl methyl sites for hydroxylation is 1. The van der Waals surface area contributed by atoms with Gasteiger partial charge < -0.3 is 9.84 Å². The fraction of sp³-hybridized carbons (Fsp3) is 0.250. The molecule has 0 aliphatic carbocycles. The molecule has 0 unspecified atom stereocenters. The quantitative estimate of drug-likeness (QED) is 0.465. The summed E-state index contributed by atoms with van der Waals surface area (Å²) in [6.07, 6.45) is 0. The number of hydrogen-bond acceptors (Lipinski definition) is 4. The van der Waals surface area contributed by atoms with Gasteiger partial charge >= 0.3 is 0 Å². The van der Waals surface area contributed by atoms with Crippen LogP contribution in [0.25, 0.3) is 10.8 Å². The molecule has 0 bridgehead atoms. The highest BCUT2D eigenvalue weighted by Crippen LogP contribution is 2.29. The molecular formula is C24H26N2O3. The number of aromatic hydroxyl groups is 1. The Balaban J connectivity index is 1.68. The Bertz CT molecular complexity index is 1070. The molecule has 0 saturated carbocycles. The molecule has 3 rings (SSSR count). The molecular weight excluding hydrogens is 364 g/mol. The summed E-state index contributed by atoms with van der Waals surface area (Å²) >= 11 is 0. The highest BCUT2D eigenvalue weighted by atomic mass is 16.5. The first-order valence-electron chi connectivity index (χ1n) is 9.64. The van der Waals surface area contributed by atoms with Gasteiger partial charge in [-0.25, -0.2) is 5.43 Å². The molecule has 3 aromatic carbocycles. The van der Waals surface area contributed by atoms with Crippen LogP contribution in [0.3, 0.4) is 0 Å². The Kier molecular flexibility index (Phi) is 6.17. The molecule has 150 valence electrons. The van der Waals surface area contributed by atoms with Crippen LogP contribution in [-0.2, 0) is 4.79 Å². The van der Waals surface area contributed by atoms with Crippen molar-refractivity contribution in [2.75, 3.05) is 6.61 Å². The van der Waals surface area contributed by atoms with Crippen LogP contribution in [0.5, 0.6) is 11.5 Å². The lowest BCUT2D eigenvalue weighted by Gasteiger charge is -2.14. The third-order valence-electron chi connectivity index (χ3n) is 4.79. The van der Waals surface area contributed by atoms with Crippen LogP contribution >= 0.6 is 0 Å². The Morgan fingerprint density at radius 2 is 1.90 bits per heavy atom. The van der Waals surface area contributed by atoms with Gasteiger partial charge in [0.05, 0.1) is 5.71 Å². The van der Waals surface area contributed by atoms with Gasteiger partial charge in [0.15, 0.2) is 6.61 Å². The van der Waals surface area contributed by atoms with E-state index in [1.54, 1.807) is 13.0 Å². The second-order valence-electron chi connectivity index (χ2n) is 7.40. The average molecular weight is 390 g/mol. The van der Waals surface area contributed by atoms with Gasteiger partial charge in [0.2, 0.25) is 0 Å².